The van der Waals surface area contributed by atoms with Gasteiger partial charge in [0.2, 0.25) is 15.9 Å². The Bertz CT molecular complexity index is 1080. The summed E-state index contributed by atoms with van der Waals surface area (Å²) in [6.45, 7) is 0.910. The van der Waals surface area contributed by atoms with E-state index in [1.54, 1.807) is 24.3 Å². The maximum absolute atomic E-state index is 13.8. The third kappa shape index (κ3) is 7.47. The predicted octanol–water partition coefficient (Wildman–Crippen LogP) is 5.38. The molecule has 11 heteroatoms. The van der Waals surface area contributed by atoms with Crippen LogP contribution in [0.3, 0.4) is 0 Å². The monoisotopic (exact) mass is 552 g/mol. The van der Waals surface area contributed by atoms with Crippen LogP contribution in [0.2, 0.25) is 15.1 Å². The van der Waals surface area contributed by atoms with Crippen LogP contribution in [0.25, 0.3) is 0 Å². The number of nitrogens with zero attached hydrogens (tertiary/aromatic N) is 1. The molecule has 2 aromatic carbocycles. The van der Waals surface area contributed by atoms with E-state index in [4.69, 9.17) is 34.8 Å². The highest BCUT2D eigenvalue weighted by molar-refractivity contribution is 7.98. The van der Waals surface area contributed by atoms with E-state index in [0.29, 0.717) is 63.6 Å². The molecule has 2 aromatic rings. The first-order valence-corrected chi connectivity index (χ1v) is 14.3. The van der Waals surface area contributed by atoms with Crippen molar-refractivity contribution in [3.05, 3.63) is 68.4 Å². The van der Waals surface area contributed by atoms with Gasteiger partial charge in [0.25, 0.3) is 0 Å². The Kier molecular flexibility index (Phi) is 9.73. The summed E-state index contributed by atoms with van der Waals surface area (Å²) in [5.74, 6) is -0.191. The smallest absolute Gasteiger partial charge is 0.224 e. The Morgan fingerprint density at radius 1 is 1.18 bits per heavy atom. The second-order valence-electron chi connectivity index (χ2n) is 7.73. The van der Waals surface area contributed by atoms with Crippen LogP contribution < -0.4 is 5.32 Å². The number of sulfonamides is 1. The molecule has 1 aliphatic heterocycles. The zero-order chi connectivity index (χ0) is 24.0. The largest absolute Gasteiger partial charge is 0.355 e. The first-order chi connectivity index (χ1) is 15.7. The number of carbonyl (C=O) groups excluding carboxylic acids is 1. The summed E-state index contributed by atoms with van der Waals surface area (Å²) in [5.41, 5.74) is 0.920. The highest BCUT2D eigenvalue weighted by Crippen LogP contribution is 2.27. The molecule has 1 unspecified atom stereocenters. The van der Waals surface area contributed by atoms with Gasteiger partial charge in [-0.15, -0.1) is 0 Å². The lowest BCUT2D eigenvalue weighted by Crippen LogP contribution is -2.46. The quantitative estimate of drug-likeness (QED) is 0.424. The molecule has 1 aliphatic rings. The Labute approximate surface area is 213 Å². The zero-order valence-electron chi connectivity index (χ0n) is 17.7. The van der Waals surface area contributed by atoms with Crippen LogP contribution in [0.4, 0.5) is 4.39 Å². The number of benzene rings is 2. The van der Waals surface area contributed by atoms with Crippen LogP contribution in [0.5, 0.6) is 0 Å². The van der Waals surface area contributed by atoms with Crippen molar-refractivity contribution < 1.29 is 17.6 Å². The summed E-state index contributed by atoms with van der Waals surface area (Å²) in [5, 5.41) is 3.98. The first-order valence-electron chi connectivity index (χ1n) is 10.4. The van der Waals surface area contributed by atoms with E-state index < -0.39 is 15.9 Å². The van der Waals surface area contributed by atoms with Crippen LogP contribution >= 0.6 is 46.6 Å². The standard InChI is InChI=1S/C22H24Cl3FN2O3S2/c23-17-7-6-16(20(25)11-17)14-33(30,31)28-9-2-3-15(12-28)22(29)27-8-10-32-13-18-19(24)4-1-5-21(18)26/h1,4-7,11,15H,2-3,8-10,12-14H2,(H,27,29). The fraction of sp³-hybridized carbons (Fsp3) is 0.409. The molecule has 1 atom stereocenters. The lowest BCUT2D eigenvalue weighted by Gasteiger charge is -2.31. The number of nitrogens with one attached hydrogen (secondary N) is 1. The topological polar surface area (TPSA) is 66.5 Å². The molecule has 0 aliphatic carbocycles. The fourth-order valence-electron chi connectivity index (χ4n) is 3.57. The summed E-state index contributed by atoms with van der Waals surface area (Å²) in [6, 6.07) is 9.28. The third-order valence-corrected chi connectivity index (χ3v) is 9.08. The number of carbonyl (C=O) groups is 1. The summed E-state index contributed by atoms with van der Waals surface area (Å²) in [4.78, 5) is 12.6. The van der Waals surface area contributed by atoms with E-state index in [-0.39, 0.29) is 24.0 Å². The van der Waals surface area contributed by atoms with E-state index in [1.807, 2.05) is 0 Å². The molecule has 0 bridgehead atoms. The molecule has 0 spiro atoms. The lowest BCUT2D eigenvalue weighted by atomic mass is 9.99. The van der Waals surface area contributed by atoms with E-state index in [9.17, 15) is 17.6 Å². The number of thioether (sulfide) groups is 1. The van der Waals surface area contributed by atoms with Gasteiger partial charge in [0.1, 0.15) is 5.82 Å². The Balaban J connectivity index is 1.47. The molecular formula is C22H24Cl3FN2O3S2. The van der Waals surface area contributed by atoms with Gasteiger partial charge in [-0.3, -0.25) is 4.79 Å². The molecule has 5 nitrogen and oxygen atoms in total. The first kappa shape index (κ1) is 26.6. The normalized spacial score (nSPS) is 17.2. The molecule has 1 fully saturated rings. The molecule has 0 aromatic heterocycles. The van der Waals surface area contributed by atoms with Crippen molar-refractivity contribution in [1.29, 1.82) is 0 Å². The molecule has 1 heterocycles. The Hall–Kier alpha value is -1.03. The maximum atomic E-state index is 13.8. The SMILES string of the molecule is O=C(NCCSCc1c(F)cccc1Cl)C1CCCN(S(=O)(=O)Cc2ccc(Cl)cc2Cl)C1. The van der Waals surface area contributed by atoms with Gasteiger partial charge < -0.3 is 5.32 Å². The van der Waals surface area contributed by atoms with Crippen molar-refractivity contribution >= 4 is 62.5 Å². The molecule has 0 radical (unpaired) electrons. The predicted molar refractivity (Wildman–Crippen MR) is 134 cm³/mol. The van der Waals surface area contributed by atoms with E-state index in [1.165, 1.54) is 28.2 Å². The second-order valence-corrected chi connectivity index (χ2v) is 12.1. The van der Waals surface area contributed by atoms with E-state index in [2.05, 4.69) is 5.32 Å². The zero-order valence-corrected chi connectivity index (χ0v) is 21.6. The van der Waals surface area contributed by atoms with Crippen LogP contribution in [0.15, 0.2) is 36.4 Å². The van der Waals surface area contributed by atoms with Gasteiger partial charge in [0.05, 0.1) is 11.7 Å². The van der Waals surface area contributed by atoms with Gasteiger partial charge in [-0.1, -0.05) is 46.9 Å². The van der Waals surface area contributed by atoms with Crippen molar-refractivity contribution in [3.63, 3.8) is 0 Å². The average Bonchev–Trinajstić information content (AvgIpc) is 2.77. The molecular weight excluding hydrogens is 530 g/mol. The minimum absolute atomic E-state index is 0.136. The molecule has 1 saturated heterocycles. The second kappa shape index (κ2) is 12.1. The van der Waals surface area contributed by atoms with Crippen molar-refractivity contribution in [2.75, 3.05) is 25.4 Å². The number of rotatable bonds is 9. The molecule has 1 N–H and O–H groups in total. The molecule has 180 valence electrons. The fourth-order valence-corrected chi connectivity index (χ4v) is 6.96. The van der Waals surface area contributed by atoms with Crippen LogP contribution in [0.1, 0.15) is 24.0 Å². The van der Waals surface area contributed by atoms with E-state index in [0.717, 1.165) is 0 Å². The molecule has 1 amide bonds. The van der Waals surface area contributed by atoms with Crippen molar-refractivity contribution in [1.82, 2.24) is 9.62 Å². The minimum atomic E-state index is -3.63. The van der Waals surface area contributed by atoms with Crippen LogP contribution in [-0.2, 0) is 26.3 Å². The molecule has 33 heavy (non-hydrogen) atoms. The van der Waals surface area contributed by atoms with Gasteiger partial charge in [-0.05, 0) is 42.7 Å². The average molecular weight is 554 g/mol. The Morgan fingerprint density at radius 2 is 1.97 bits per heavy atom. The van der Waals surface area contributed by atoms with Crippen molar-refractivity contribution in [3.8, 4) is 0 Å². The summed E-state index contributed by atoms with van der Waals surface area (Å²) in [7, 11) is -3.63. The van der Waals surface area contributed by atoms with Gasteiger partial charge in [0.15, 0.2) is 0 Å². The van der Waals surface area contributed by atoms with Crippen LogP contribution in [-0.4, -0.2) is 44.0 Å². The number of hydrogen-bond donors (Lipinski definition) is 1. The highest BCUT2D eigenvalue weighted by Gasteiger charge is 2.32. The maximum Gasteiger partial charge on any atom is 0.224 e. The van der Waals surface area contributed by atoms with Gasteiger partial charge in [-0.25, -0.2) is 17.1 Å². The van der Waals surface area contributed by atoms with Gasteiger partial charge >= 0.3 is 0 Å². The molecule has 0 saturated carbocycles. The number of halogens is 4. The Morgan fingerprint density at radius 3 is 2.70 bits per heavy atom. The summed E-state index contributed by atoms with van der Waals surface area (Å²) >= 11 is 19.5. The molecule has 3 rings (SSSR count). The van der Waals surface area contributed by atoms with Gasteiger partial charge in [0, 0.05) is 51.8 Å². The summed E-state index contributed by atoms with van der Waals surface area (Å²) in [6.07, 6.45) is 1.23. The van der Waals surface area contributed by atoms with Crippen LogP contribution in [0, 0.1) is 11.7 Å². The van der Waals surface area contributed by atoms with Crippen molar-refractivity contribution in [2.45, 2.75) is 24.3 Å². The summed E-state index contributed by atoms with van der Waals surface area (Å²) < 4.78 is 41.0. The number of hydrogen-bond acceptors (Lipinski definition) is 4. The lowest BCUT2D eigenvalue weighted by molar-refractivity contribution is -0.125. The third-order valence-electron chi connectivity index (χ3n) is 5.36. The van der Waals surface area contributed by atoms with Crippen molar-refractivity contribution in [2.24, 2.45) is 5.92 Å². The number of piperidine rings is 1. The van der Waals surface area contributed by atoms with E-state index >= 15 is 0 Å². The minimum Gasteiger partial charge on any atom is -0.355 e. The van der Waals surface area contributed by atoms with Gasteiger partial charge in [-0.2, -0.15) is 11.8 Å². The highest BCUT2D eigenvalue weighted by atomic mass is 35.5. The number of amides is 1.